The molecular formula is C10H16BrN3. The minimum absolute atomic E-state index is 0.321. The molecule has 1 unspecified atom stereocenters. The predicted octanol–water partition coefficient (Wildman–Crippen LogP) is 1.87. The molecule has 14 heavy (non-hydrogen) atoms. The Balaban J connectivity index is 2.34. The summed E-state index contributed by atoms with van der Waals surface area (Å²) in [4.78, 5) is 4.54. The van der Waals surface area contributed by atoms with E-state index in [4.69, 9.17) is 5.73 Å². The Labute approximate surface area is 92.8 Å². The molecule has 78 valence electrons. The highest BCUT2D eigenvalue weighted by atomic mass is 79.9. The van der Waals surface area contributed by atoms with Gasteiger partial charge in [-0.25, -0.2) is 4.98 Å². The van der Waals surface area contributed by atoms with Gasteiger partial charge in [-0.15, -0.1) is 0 Å². The van der Waals surface area contributed by atoms with Gasteiger partial charge in [-0.1, -0.05) is 13.3 Å². The van der Waals surface area contributed by atoms with Gasteiger partial charge in [0.05, 0.1) is 5.69 Å². The monoisotopic (exact) mass is 257 g/mol. The lowest BCUT2D eigenvalue weighted by atomic mass is 10.0. The second kappa shape index (κ2) is 4.03. The maximum atomic E-state index is 5.97. The molecule has 2 N–H and O–H groups in total. The van der Waals surface area contributed by atoms with Crippen molar-refractivity contribution < 1.29 is 0 Å². The fourth-order valence-electron chi connectivity index (χ4n) is 2.04. The lowest BCUT2D eigenvalue weighted by Crippen LogP contribution is -2.31. The molecule has 4 heteroatoms. The average molecular weight is 258 g/mol. The van der Waals surface area contributed by atoms with Crippen LogP contribution in [0.15, 0.2) is 4.73 Å². The second-order valence-corrected chi connectivity index (χ2v) is 4.64. The first-order valence-electron chi connectivity index (χ1n) is 5.21. The summed E-state index contributed by atoms with van der Waals surface area (Å²) in [5.74, 6) is 0. The van der Waals surface area contributed by atoms with Crippen molar-refractivity contribution in [3.05, 3.63) is 16.1 Å². The second-order valence-electron chi connectivity index (χ2n) is 3.93. The molecule has 1 aromatic rings. The molecule has 0 aliphatic carbocycles. The predicted molar refractivity (Wildman–Crippen MR) is 60.2 cm³/mol. The highest BCUT2D eigenvalue weighted by molar-refractivity contribution is 9.10. The Morgan fingerprint density at radius 2 is 2.43 bits per heavy atom. The standard InChI is InChI=1S/C10H16BrN3/c1-2-3-8-9-6-7(12)4-5-14(9)10(11)13-8/h7H,2-6,12H2,1H3. The van der Waals surface area contributed by atoms with Crippen molar-refractivity contribution in [1.29, 1.82) is 0 Å². The number of aromatic nitrogens is 2. The van der Waals surface area contributed by atoms with Gasteiger partial charge in [-0.3, -0.25) is 0 Å². The zero-order valence-electron chi connectivity index (χ0n) is 8.46. The Bertz CT molecular complexity index is 332. The summed E-state index contributed by atoms with van der Waals surface area (Å²) >= 11 is 3.50. The number of hydrogen-bond donors (Lipinski definition) is 1. The van der Waals surface area contributed by atoms with Crippen LogP contribution in [0.3, 0.4) is 0 Å². The first-order chi connectivity index (χ1) is 6.72. The quantitative estimate of drug-likeness (QED) is 0.880. The Hall–Kier alpha value is -0.350. The van der Waals surface area contributed by atoms with Crippen molar-refractivity contribution in [3.8, 4) is 0 Å². The molecule has 0 saturated heterocycles. The van der Waals surface area contributed by atoms with Gasteiger partial charge in [0, 0.05) is 24.7 Å². The van der Waals surface area contributed by atoms with Crippen LogP contribution in [-0.4, -0.2) is 15.6 Å². The molecule has 0 bridgehead atoms. The van der Waals surface area contributed by atoms with Crippen LogP contribution in [-0.2, 0) is 19.4 Å². The van der Waals surface area contributed by atoms with E-state index in [9.17, 15) is 0 Å². The average Bonchev–Trinajstić information content (AvgIpc) is 2.44. The highest BCUT2D eigenvalue weighted by Crippen LogP contribution is 2.24. The first-order valence-corrected chi connectivity index (χ1v) is 6.01. The molecule has 1 atom stereocenters. The van der Waals surface area contributed by atoms with Crippen LogP contribution in [0.25, 0.3) is 0 Å². The van der Waals surface area contributed by atoms with Crippen molar-refractivity contribution in [2.75, 3.05) is 0 Å². The van der Waals surface area contributed by atoms with Crippen LogP contribution in [0.1, 0.15) is 31.2 Å². The number of hydrogen-bond acceptors (Lipinski definition) is 2. The summed E-state index contributed by atoms with van der Waals surface area (Å²) in [6.45, 7) is 3.19. The maximum absolute atomic E-state index is 5.97. The summed E-state index contributed by atoms with van der Waals surface area (Å²) in [7, 11) is 0. The molecule has 1 aromatic heterocycles. The van der Waals surface area contributed by atoms with Crippen molar-refractivity contribution in [1.82, 2.24) is 9.55 Å². The van der Waals surface area contributed by atoms with Crippen molar-refractivity contribution in [2.24, 2.45) is 5.73 Å². The number of nitrogens with zero attached hydrogens (tertiary/aromatic N) is 2. The fraction of sp³-hybridized carbons (Fsp3) is 0.700. The van der Waals surface area contributed by atoms with Gasteiger partial charge in [0.15, 0.2) is 4.73 Å². The smallest absolute Gasteiger partial charge is 0.177 e. The van der Waals surface area contributed by atoms with Crippen LogP contribution in [0.2, 0.25) is 0 Å². The molecule has 0 radical (unpaired) electrons. The molecule has 0 spiro atoms. The maximum Gasteiger partial charge on any atom is 0.177 e. The highest BCUT2D eigenvalue weighted by Gasteiger charge is 2.21. The molecule has 2 rings (SSSR count). The Morgan fingerprint density at radius 3 is 3.14 bits per heavy atom. The van der Waals surface area contributed by atoms with E-state index in [2.05, 4.69) is 32.4 Å². The third-order valence-electron chi connectivity index (χ3n) is 2.77. The summed E-state index contributed by atoms with van der Waals surface area (Å²) in [5.41, 5.74) is 8.54. The first kappa shape index (κ1) is 10.2. The van der Waals surface area contributed by atoms with Crippen molar-refractivity contribution >= 4 is 15.9 Å². The van der Waals surface area contributed by atoms with Crippen LogP contribution >= 0.6 is 15.9 Å². The van der Waals surface area contributed by atoms with Crippen molar-refractivity contribution in [2.45, 2.75) is 45.2 Å². The largest absolute Gasteiger partial charge is 0.327 e. The van der Waals surface area contributed by atoms with Gasteiger partial charge in [0.25, 0.3) is 0 Å². The van der Waals surface area contributed by atoms with E-state index >= 15 is 0 Å². The lowest BCUT2D eigenvalue weighted by Gasteiger charge is -2.21. The molecule has 0 aromatic carbocycles. The minimum atomic E-state index is 0.321. The molecule has 1 aliphatic rings. The fourth-order valence-corrected chi connectivity index (χ4v) is 2.65. The van der Waals surface area contributed by atoms with Crippen LogP contribution in [0.5, 0.6) is 0 Å². The lowest BCUT2D eigenvalue weighted by molar-refractivity contribution is 0.464. The van der Waals surface area contributed by atoms with Crippen LogP contribution in [0.4, 0.5) is 0 Å². The number of halogens is 1. The van der Waals surface area contributed by atoms with Gasteiger partial charge in [0.2, 0.25) is 0 Å². The van der Waals surface area contributed by atoms with Crippen LogP contribution in [0, 0.1) is 0 Å². The van der Waals surface area contributed by atoms with Gasteiger partial charge in [0.1, 0.15) is 0 Å². The van der Waals surface area contributed by atoms with Crippen molar-refractivity contribution in [3.63, 3.8) is 0 Å². The number of nitrogens with two attached hydrogens (primary N) is 1. The Kier molecular flexibility index (Phi) is 2.93. The number of fused-ring (bicyclic) bond motifs is 1. The molecule has 0 fully saturated rings. The van der Waals surface area contributed by atoms with Crippen LogP contribution < -0.4 is 5.73 Å². The molecule has 0 amide bonds. The molecule has 1 aliphatic heterocycles. The van der Waals surface area contributed by atoms with Gasteiger partial charge in [-0.2, -0.15) is 0 Å². The van der Waals surface area contributed by atoms with Gasteiger partial charge >= 0.3 is 0 Å². The number of rotatable bonds is 2. The number of imidazole rings is 1. The summed E-state index contributed by atoms with van der Waals surface area (Å²) < 4.78 is 3.23. The number of aryl methyl sites for hydroxylation is 1. The van der Waals surface area contributed by atoms with E-state index in [0.717, 1.165) is 37.0 Å². The SMILES string of the molecule is CCCc1nc(Br)n2c1CC(N)CC2. The van der Waals surface area contributed by atoms with E-state index in [1.807, 2.05) is 0 Å². The zero-order chi connectivity index (χ0) is 10.1. The third kappa shape index (κ3) is 1.73. The van der Waals surface area contributed by atoms with E-state index in [0.29, 0.717) is 6.04 Å². The molecule has 0 saturated carbocycles. The van der Waals surface area contributed by atoms with E-state index in [-0.39, 0.29) is 0 Å². The molecule has 2 heterocycles. The summed E-state index contributed by atoms with van der Waals surface area (Å²) in [5, 5.41) is 0. The van der Waals surface area contributed by atoms with E-state index in [1.54, 1.807) is 0 Å². The summed E-state index contributed by atoms with van der Waals surface area (Å²) in [6, 6.07) is 0.321. The summed E-state index contributed by atoms with van der Waals surface area (Å²) in [6.07, 6.45) is 4.25. The normalized spacial score (nSPS) is 20.9. The molecule has 3 nitrogen and oxygen atoms in total. The van der Waals surface area contributed by atoms with E-state index in [1.165, 1.54) is 11.4 Å². The Morgan fingerprint density at radius 1 is 1.64 bits per heavy atom. The molecular weight excluding hydrogens is 242 g/mol. The zero-order valence-corrected chi connectivity index (χ0v) is 10.0. The van der Waals surface area contributed by atoms with Gasteiger partial charge < -0.3 is 10.3 Å². The third-order valence-corrected chi connectivity index (χ3v) is 3.38. The topological polar surface area (TPSA) is 43.8 Å². The van der Waals surface area contributed by atoms with Gasteiger partial charge in [-0.05, 0) is 28.8 Å². The van der Waals surface area contributed by atoms with E-state index < -0.39 is 0 Å². The minimum Gasteiger partial charge on any atom is -0.327 e.